The Kier molecular flexibility index (Phi) is 5.20. The van der Waals surface area contributed by atoms with Crippen LogP contribution >= 0.6 is 47.8 Å². The van der Waals surface area contributed by atoms with Crippen molar-refractivity contribution in [2.45, 2.75) is 26.8 Å². The smallest absolute Gasteiger partial charge is 0.170 e. The summed E-state index contributed by atoms with van der Waals surface area (Å²) in [6, 6.07) is 5.60. The van der Waals surface area contributed by atoms with E-state index >= 15 is 0 Å². The van der Waals surface area contributed by atoms with Gasteiger partial charge in [0.15, 0.2) is 5.78 Å². The fourth-order valence-electron chi connectivity index (χ4n) is 2.00. The van der Waals surface area contributed by atoms with Crippen molar-refractivity contribution >= 4 is 53.6 Å². The Bertz CT molecular complexity index is 665. The maximum atomic E-state index is 12.5. The average molecular weight is 465 g/mol. The van der Waals surface area contributed by atoms with E-state index in [1.54, 1.807) is 0 Å². The van der Waals surface area contributed by atoms with Gasteiger partial charge in [-0.3, -0.25) is 9.48 Å². The van der Waals surface area contributed by atoms with Gasteiger partial charge in [0.2, 0.25) is 0 Å². The van der Waals surface area contributed by atoms with Crippen LogP contribution in [0.4, 0.5) is 0 Å². The minimum atomic E-state index is 0.0634. The van der Waals surface area contributed by atoms with Gasteiger partial charge in [-0.2, -0.15) is 5.10 Å². The van der Waals surface area contributed by atoms with Crippen molar-refractivity contribution in [2.24, 2.45) is 0 Å². The van der Waals surface area contributed by atoms with Crippen LogP contribution in [0.3, 0.4) is 0 Å². The van der Waals surface area contributed by atoms with E-state index in [1.165, 1.54) is 0 Å². The number of halogens is 3. The van der Waals surface area contributed by atoms with E-state index in [4.69, 9.17) is 0 Å². The zero-order valence-corrected chi connectivity index (χ0v) is 15.8. The first-order valence-corrected chi connectivity index (χ1v) is 8.52. The number of ketones is 1. The molecule has 0 unspecified atom stereocenters. The van der Waals surface area contributed by atoms with Crippen molar-refractivity contribution in [1.82, 2.24) is 9.78 Å². The Morgan fingerprint density at radius 3 is 2.65 bits per heavy atom. The molecule has 0 amide bonds. The normalized spacial score (nSPS) is 10.8. The highest BCUT2D eigenvalue weighted by Crippen LogP contribution is 2.26. The summed E-state index contributed by atoms with van der Waals surface area (Å²) < 4.78 is 4.48. The summed E-state index contributed by atoms with van der Waals surface area (Å²) in [5, 5.41) is 4.41. The van der Waals surface area contributed by atoms with Gasteiger partial charge in [-0.1, -0.05) is 31.9 Å². The molecule has 20 heavy (non-hydrogen) atoms. The number of carbonyl (C=O) groups excluding carboxylic acids is 1. The van der Waals surface area contributed by atoms with Crippen LogP contribution in [0.2, 0.25) is 0 Å². The lowest BCUT2D eigenvalue weighted by atomic mass is 10.1. The van der Waals surface area contributed by atoms with Crippen molar-refractivity contribution in [3.63, 3.8) is 0 Å². The van der Waals surface area contributed by atoms with Crippen molar-refractivity contribution in [3.8, 4) is 0 Å². The topological polar surface area (TPSA) is 34.9 Å². The number of aryl methyl sites for hydroxylation is 2. The van der Waals surface area contributed by atoms with E-state index in [0.29, 0.717) is 12.0 Å². The van der Waals surface area contributed by atoms with E-state index in [2.05, 4.69) is 52.9 Å². The third-order valence-electron chi connectivity index (χ3n) is 3.01. The molecule has 0 saturated carbocycles. The van der Waals surface area contributed by atoms with Crippen LogP contribution in [0.25, 0.3) is 0 Å². The predicted octanol–water partition coefficient (Wildman–Crippen LogP) is 4.92. The molecular weight excluding hydrogens is 452 g/mol. The molecule has 6 heteroatoms. The molecule has 0 bridgehead atoms. The molecule has 106 valence electrons. The molecule has 0 N–H and O–H groups in total. The van der Waals surface area contributed by atoms with Gasteiger partial charge in [0.05, 0.1) is 22.3 Å². The molecule has 3 nitrogen and oxygen atoms in total. The van der Waals surface area contributed by atoms with Gasteiger partial charge >= 0.3 is 0 Å². The van der Waals surface area contributed by atoms with Gasteiger partial charge in [-0.15, -0.1) is 0 Å². The summed E-state index contributed by atoms with van der Waals surface area (Å²) in [6.07, 6.45) is 0.324. The summed E-state index contributed by atoms with van der Waals surface area (Å²) in [7, 11) is 0. The number of rotatable bonds is 4. The summed E-state index contributed by atoms with van der Waals surface area (Å²) in [6.45, 7) is 4.69. The Hall–Kier alpha value is -0.460. The highest BCUT2D eigenvalue weighted by Gasteiger charge is 2.18. The average Bonchev–Trinajstić information content (AvgIpc) is 2.69. The monoisotopic (exact) mass is 462 g/mol. The zero-order chi connectivity index (χ0) is 14.9. The Morgan fingerprint density at radius 2 is 2.00 bits per heavy atom. The zero-order valence-electron chi connectivity index (χ0n) is 11.1. The second-order valence-corrected chi connectivity index (χ2v) is 6.95. The van der Waals surface area contributed by atoms with Crippen LogP contribution in [0.1, 0.15) is 28.7 Å². The van der Waals surface area contributed by atoms with E-state index in [-0.39, 0.29) is 5.78 Å². The van der Waals surface area contributed by atoms with Crippen molar-refractivity contribution in [1.29, 1.82) is 0 Å². The molecule has 0 aliphatic rings. The number of nitrogens with zero attached hydrogens (tertiary/aromatic N) is 2. The number of Topliss-reactive ketones (excluding diaryl/α,β-unsaturated/α-hetero) is 1. The lowest BCUT2D eigenvalue weighted by Crippen LogP contribution is -2.10. The van der Waals surface area contributed by atoms with Crippen LogP contribution in [0.5, 0.6) is 0 Å². The molecule has 0 saturated heterocycles. The van der Waals surface area contributed by atoms with E-state index < -0.39 is 0 Å². The van der Waals surface area contributed by atoms with Crippen molar-refractivity contribution < 1.29 is 4.79 Å². The van der Waals surface area contributed by atoms with E-state index in [9.17, 15) is 4.79 Å². The molecule has 0 spiro atoms. The van der Waals surface area contributed by atoms with Crippen LogP contribution in [0.15, 0.2) is 31.6 Å². The largest absolute Gasteiger partial charge is 0.294 e. The summed E-state index contributed by atoms with van der Waals surface area (Å²) in [5.74, 6) is 0.0634. The van der Waals surface area contributed by atoms with Crippen molar-refractivity contribution in [3.05, 3.63) is 48.6 Å². The highest BCUT2D eigenvalue weighted by atomic mass is 79.9. The first-order valence-electron chi connectivity index (χ1n) is 6.14. The van der Waals surface area contributed by atoms with Gasteiger partial charge in [0.25, 0.3) is 0 Å². The minimum Gasteiger partial charge on any atom is -0.294 e. The minimum absolute atomic E-state index is 0.0634. The molecular formula is C14H13Br3N2O. The number of benzene rings is 1. The van der Waals surface area contributed by atoms with Crippen LogP contribution in [0, 0.1) is 6.92 Å². The molecule has 2 aromatic rings. The lowest BCUT2D eigenvalue weighted by Gasteiger charge is -2.07. The molecule has 0 fully saturated rings. The highest BCUT2D eigenvalue weighted by molar-refractivity contribution is 9.11. The van der Waals surface area contributed by atoms with E-state index in [1.807, 2.05) is 36.7 Å². The van der Waals surface area contributed by atoms with Crippen LogP contribution in [-0.2, 0) is 13.0 Å². The second kappa shape index (κ2) is 6.54. The van der Waals surface area contributed by atoms with Crippen molar-refractivity contribution in [2.75, 3.05) is 0 Å². The second-order valence-electron chi connectivity index (χ2n) is 4.39. The van der Waals surface area contributed by atoms with Gasteiger partial charge < -0.3 is 0 Å². The summed E-state index contributed by atoms with van der Waals surface area (Å²) in [4.78, 5) is 12.5. The standard InChI is InChI=1S/C14H13Br3N2O/c1-3-19-12(14(17)8(2)18-19)7-13(20)10-6-9(15)4-5-11(10)16/h4-6H,3,7H2,1-2H3. The molecule has 0 atom stereocenters. The van der Waals surface area contributed by atoms with Gasteiger partial charge in [0.1, 0.15) is 0 Å². The first kappa shape index (κ1) is 15.9. The molecule has 0 radical (unpaired) electrons. The van der Waals surface area contributed by atoms with Gasteiger partial charge in [-0.05, 0) is 48.0 Å². The van der Waals surface area contributed by atoms with Gasteiger partial charge in [-0.25, -0.2) is 0 Å². The molecule has 1 aromatic heterocycles. The van der Waals surface area contributed by atoms with Crippen LogP contribution in [-0.4, -0.2) is 15.6 Å². The third-order valence-corrected chi connectivity index (χ3v) is 5.23. The maximum absolute atomic E-state index is 12.5. The predicted molar refractivity (Wildman–Crippen MR) is 90.2 cm³/mol. The number of hydrogen-bond donors (Lipinski definition) is 0. The quantitative estimate of drug-likeness (QED) is 0.602. The van der Waals surface area contributed by atoms with E-state index in [0.717, 1.165) is 31.4 Å². The SMILES string of the molecule is CCn1nc(C)c(Br)c1CC(=O)c1cc(Br)ccc1Br. The molecule has 0 aliphatic heterocycles. The fraction of sp³-hybridized carbons (Fsp3) is 0.286. The summed E-state index contributed by atoms with van der Waals surface area (Å²) >= 11 is 10.3. The Balaban J connectivity index is 2.35. The number of aromatic nitrogens is 2. The first-order chi connectivity index (χ1) is 9.43. The lowest BCUT2D eigenvalue weighted by molar-refractivity contribution is 0.0989. The third kappa shape index (κ3) is 3.23. The molecule has 1 aromatic carbocycles. The maximum Gasteiger partial charge on any atom is 0.170 e. The fourth-order valence-corrected chi connectivity index (χ4v) is 3.25. The molecule has 1 heterocycles. The Morgan fingerprint density at radius 1 is 1.30 bits per heavy atom. The number of hydrogen-bond acceptors (Lipinski definition) is 2. The summed E-state index contributed by atoms with van der Waals surface area (Å²) in [5.41, 5.74) is 2.50. The molecule has 0 aliphatic carbocycles. The molecule has 2 rings (SSSR count). The Labute approximate surface area is 143 Å². The number of carbonyl (C=O) groups is 1. The van der Waals surface area contributed by atoms with Crippen LogP contribution < -0.4 is 0 Å². The van der Waals surface area contributed by atoms with Gasteiger partial charge in [0, 0.05) is 21.1 Å².